The lowest BCUT2D eigenvalue weighted by atomic mass is 10.0. The number of rotatable bonds is 6. The summed E-state index contributed by atoms with van der Waals surface area (Å²) in [6.45, 7) is 2.24. The van der Waals surface area contributed by atoms with Crippen LogP contribution < -0.4 is 0 Å². The Hall–Kier alpha value is -0.600. The van der Waals surface area contributed by atoms with Crippen molar-refractivity contribution >= 4 is 31.9 Å². The number of aryl methyl sites for hydroxylation is 1. The molecule has 0 N–H and O–H groups in total. The van der Waals surface area contributed by atoms with E-state index in [1.807, 2.05) is 0 Å². The monoisotopic (exact) mass is 394 g/mol. The third-order valence-corrected chi connectivity index (χ3v) is 4.81. The Balaban J connectivity index is 2.00. The minimum absolute atomic E-state index is 0.372. The molecule has 0 aliphatic heterocycles. The number of hydrogen-bond donors (Lipinski definition) is 0. The van der Waals surface area contributed by atoms with Crippen molar-refractivity contribution in [2.24, 2.45) is 0 Å². The molecule has 20 heavy (non-hydrogen) atoms. The molecule has 2 aromatic carbocycles. The minimum atomic E-state index is 0.372. The fourth-order valence-electron chi connectivity index (χ4n) is 2.26. The van der Waals surface area contributed by atoms with Crippen molar-refractivity contribution < 1.29 is 0 Å². The van der Waals surface area contributed by atoms with Crippen LogP contribution in [0.2, 0.25) is 0 Å². The van der Waals surface area contributed by atoms with Crippen LogP contribution in [-0.4, -0.2) is 0 Å². The average Bonchev–Trinajstić information content (AvgIpc) is 2.45. The van der Waals surface area contributed by atoms with Gasteiger partial charge in [0, 0.05) is 9.30 Å². The molecule has 0 heterocycles. The van der Waals surface area contributed by atoms with Crippen LogP contribution in [0.3, 0.4) is 0 Å². The zero-order valence-electron chi connectivity index (χ0n) is 11.8. The second kappa shape index (κ2) is 7.99. The second-order valence-electron chi connectivity index (χ2n) is 5.15. The first-order chi connectivity index (χ1) is 9.69. The summed E-state index contributed by atoms with van der Waals surface area (Å²) in [6.07, 6.45) is 4.73. The molecule has 106 valence electrons. The van der Waals surface area contributed by atoms with Gasteiger partial charge in [-0.25, -0.2) is 0 Å². The van der Waals surface area contributed by atoms with Crippen molar-refractivity contribution in [3.05, 3.63) is 69.7 Å². The largest absolute Gasteiger partial charge is 0.0835 e. The highest BCUT2D eigenvalue weighted by Gasteiger charge is 2.08. The van der Waals surface area contributed by atoms with Crippen molar-refractivity contribution in [3.63, 3.8) is 0 Å². The summed E-state index contributed by atoms with van der Waals surface area (Å²) in [4.78, 5) is 0.372. The van der Waals surface area contributed by atoms with Crippen LogP contribution in [-0.2, 0) is 12.8 Å². The van der Waals surface area contributed by atoms with E-state index in [-0.39, 0.29) is 0 Å². The maximum Gasteiger partial charge on any atom is 0.0435 e. The first-order valence-corrected chi connectivity index (χ1v) is 8.87. The fourth-order valence-corrected chi connectivity index (χ4v) is 3.39. The Morgan fingerprint density at radius 1 is 1.00 bits per heavy atom. The Labute approximate surface area is 138 Å². The Bertz CT molecular complexity index is 531. The van der Waals surface area contributed by atoms with E-state index < -0.39 is 0 Å². The van der Waals surface area contributed by atoms with Crippen molar-refractivity contribution in [3.8, 4) is 0 Å². The van der Waals surface area contributed by atoms with Gasteiger partial charge in [-0.2, -0.15) is 0 Å². The quantitative estimate of drug-likeness (QED) is 0.491. The van der Waals surface area contributed by atoms with E-state index in [1.54, 1.807) is 0 Å². The minimum Gasteiger partial charge on any atom is -0.0835 e. The molecule has 0 aliphatic carbocycles. The van der Waals surface area contributed by atoms with Crippen LogP contribution in [0, 0.1) is 0 Å². The number of alkyl halides is 1. The molecular weight excluding hydrogens is 376 g/mol. The smallest absolute Gasteiger partial charge is 0.0435 e. The predicted octanol–water partition coefficient (Wildman–Crippen LogP) is 6.47. The first-order valence-electron chi connectivity index (χ1n) is 7.16. The molecule has 0 saturated carbocycles. The fraction of sp³-hybridized carbons (Fsp3) is 0.333. The molecule has 2 heteroatoms. The zero-order chi connectivity index (χ0) is 14.4. The van der Waals surface area contributed by atoms with Gasteiger partial charge in [-0.1, -0.05) is 81.6 Å². The van der Waals surface area contributed by atoms with Gasteiger partial charge < -0.3 is 0 Å². The zero-order valence-corrected chi connectivity index (χ0v) is 15.0. The Morgan fingerprint density at radius 3 is 2.40 bits per heavy atom. The van der Waals surface area contributed by atoms with E-state index in [2.05, 4.69) is 87.3 Å². The van der Waals surface area contributed by atoms with Gasteiger partial charge in [-0.3, -0.25) is 0 Å². The molecule has 2 aromatic rings. The van der Waals surface area contributed by atoms with E-state index in [4.69, 9.17) is 0 Å². The van der Waals surface area contributed by atoms with Crippen LogP contribution in [0.5, 0.6) is 0 Å². The third kappa shape index (κ3) is 4.75. The maximum atomic E-state index is 3.81. The lowest BCUT2D eigenvalue weighted by Crippen LogP contribution is -1.96. The number of hydrogen-bond acceptors (Lipinski definition) is 0. The average molecular weight is 396 g/mol. The summed E-state index contributed by atoms with van der Waals surface area (Å²) in [6, 6.07) is 17.5. The summed E-state index contributed by atoms with van der Waals surface area (Å²) in [5.74, 6) is 0. The predicted molar refractivity (Wildman–Crippen MR) is 94.6 cm³/mol. The molecule has 0 spiro atoms. The van der Waals surface area contributed by atoms with Gasteiger partial charge in [0.15, 0.2) is 0 Å². The van der Waals surface area contributed by atoms with Gasteiger partial charge in [-0.15, -0.1) is 0 Å². The molecule has 0 nitrogen and oxygen atoms in total. The van der Waals surface area contributed by atoms with Crippen LogP contribution >= 0.6 is 31.9 Å². The van der Waals surface area contributed by atoms with E-state index in [1.165, 1.54) is 36.0 Å². The molecule has 0 amide bonds. The van der Waals surface area contributed by atoms with Crippen LogP contribution in [0.15, 0.2) is 53.0 Å². The third-order valence-electron chi connectivity index (χ3n) is 3.46. The summed E-state index contributed by atoms with van der Waals surface area (Å²) < 4.78 is 1.14. The van der Waals surface area contributed by atoms with Crippen LogP contribution in [0.25, 0.3) is 0 Å². The molecular formula is C18H20Br2. The SMILES string of the molecule is CCCCc1ccc(C(Br)Cc2cccc(Br)c2)cc1. The van der Waals surface area contributed by atoms with Gasteiger partial charge in [0.2, 0.25) is 0 Å². The molecule has 1 atom stereocenters. The lowest BCUT2D eigenvalue weighted by molar-refractivity contribution is 0.794. The van der Waals surface area contributed by atoms with Gasteiger partial charge >= 0.3 is 0 Å². The van der Waals surface area contributed by atoms with E-state index >= 15 is 0 Å². The molecule has 2 rings (SSSR count). The molecule has 0 aromatic heterocycles. The van der Waals surface area contributed by atoms with Crippen molar-refractivity contribution in [1.82, 2.24) is 0 Å². The van der Waals surface area contributed by atoms with E-state index in [9.17, 15) is 0 Å². The molecule has 1 unspecified atom stereocenters. The summed E-state index contributed by atoms with van der Waals surface area (Å²) in [5.41, 5.74) is 4.14. The normalized spacial score (nSPS) is 12.3. The molecule has 0 bridgehead atoms. The second-order valence-corrected chi connectivity index (χ2v) is 7.17. The van der Waals surface area contributed by atoms with Gasteiger partial charge in [0.1, 0.15) is 0 Å². The maximum absolute atomic E-state index is 3.81. The summed E-state index contributed by atoms with van der Waals surface area (Å²) >= 11 is 7.34. The van der Waals surface area contributed by atoms with E-state index in [0.717, 1.165) is 10.9 Å². The highest BCUT2D eigenvalue weighted by Crippen LogP contribution is 2.28. The van der Waals surface area contributed by atoms with E-state index in [0.29, 0.717) is 4.83 Å². The molecule has 0 fully saturated rings. The first kappa shape index (κ1) is 15.8. The lowest BCUT2D eigenvalue weighted by Gasteiger charge is -2.11. The van der Waals surface area contributed by atoms with Crippen LogP contribution in [0.4, 0.5) is 0 Å². The van der Waals surface area contributed by atoms with Crippen molar-refractivity contribution in [1.29, 1.82) is 0 Å². The summed E-state index contributed by atoms with van der Waals surface area (Å²) in [5, 5.41) is 0. The Morgan fingerprint density at radius 2 is 1.75 bits per heavy atom. The van der Waals surface area contributed by atoms with Gasteiger partial charge in [-0.05, 0) is 48.1 Å². The van der Waals surface area contributed by atoms with Crippen LogP contribution in [0.1, 0.15) is 41.3 Å². The highest BCUT2D eigenvalue weighted by molar-refractivity contribution is 9.10. The summed E-state index contributed by atoms with van der Waals surface area (Å²) in [7, 11) is 0. The molecule has 0 aliphatic rings. The number of benzene rings is 2. The topological polar surface area (TPSA) is 0 Å². The van der Waals surface area contributed by atoms with Gasteiger partial charge in [0.05, 0.1) is 0 Å². The highest BCUT2D eigenvalue weighted by atomic mass is 79.9. The number of unbranched alkanes of at least 4 members (excludes halogenated alkanes) is 1. The van der Waals surface area contributed by atoms with Crippen molar-refractivity contribution in [2.45, 2.75) is 37.4 Å². The Kier molecular flexibility index (Phi) is 6.31. The molecule has 0 radical (unpaired) electrons. The number of halogens is 2. The molecule has 0 saturated heterocycles. The van der Waals surface area contributed by atoms with Gasteiger partial charge in [0.25, 0.3) is 0 Å². The standard InChI is InChI=1S/C18H20Br2/c1-2-3-5-14-8-10-16(11-9-14)18(20)13-15-6-4-7-17(19)12-15/h4,6-12,18H,2-3,5,13H2,1H3. The van der Waals surface area contributed by atoms with Crippen molar-refractivity contribution in [2.75, 3.05) is 0 Å².